The van der Waals surface area contributed by atoms with Gasteiger partial charge in [0.05, 0.1) is 0 Å². The number of hydrazine groups is 1. The van der Waals surface area contributed by atoms with Gasteiger partial charge in [0, 0.05) is 11.8 Å². The monoisotopic (exact) mass is 280 g/mol. The van der Waals surface area contributed by atoms with Crippen molar-refractivity contribution in [2.45, 2.75) is 65.2 Å². The first-order chi connectivity index (χ1) is 9.67. The van der Waals surface area contributed by atoms with E-state index in [9.17, 15) is 9.59 Å². The number of hydrogen-bond donors (Lipinski definition) is 2. The smallest absolute Gasteiger partial charge is 0.241 e. The number of amides is 2. The lowest BCUT2D eigenvalue weighted by molar-refractivity contribution is -0.130. The average Bonchev–Trinajstić information content (AvgIpc) is 3.34. The fourth-order valence-corrected chi connectivity index (χ4v) is 3.02. The molecular weight excluding hydrogens is 252 g/mol. The Morgan fingerprint density at radius 3 is 1.60 bits per heavy atom. The second kappa shape index (κ2) is 7.09. The highest BCUT2D eigenvalue weighted by atomic mass is 16.2. The molecule has 0 unspecified atom stereocenters. The van der Waals surface area contributed by atoms with Gasteiger partial charge in [0.2, 0.25) is 11.8 Å². The highest BCUT2D eigenvalue weighted by Gasteiger charge is 2.44. The first-order valence-corrected chi connectivity index (χ1v) is 8.27. The van der Waals surface area contributed by atoms with Crippen LogP contribution in [-0.2, 0) is 9.59 Å². The van der Waals surface area contributed by atoms with Crippen molar-refractivity contribution >= 4 is 11.8 Å². The molecule has 0 radical (unpaired) electrons. The van der Waals surface area contributed by atoms with E-state index in [-0.39, 0.29) is 23.7 Å². The summed E-state index contributed by atoms with van der Waals surface area (Å²) in [6, 6.07) is 0. The summed E-state index contributed by atoms with van der Waals surface area (Å²) in [6.45, 7) is 4.34. The summed E-state index contributed by atoms with van der Waals surface area (Å²) in [7, 11) is 0. The lowest BCUT2D eigenvalue weighted by Gasteiger charge is -2.07. The van der Waals surface area contributed by atoms with Gasteiger partial charge in [0.25, 0.3) is 0 Å². The van der Waals surface area contributed by atoms with Crippen LogP contribution in [-0.4, -0.2) is 11.8 Å². The summed E-state index contributed by atoms with van der Waals surface area (Å²) in [5.41, 5.74) is 5.22. The van der Waals surface area contributed by atoms with Crippen LogP contribution in [0.3, 0.4) is 0 Å². The molecule has 0 aliphatic heterocycles. The van der Waals surface area contributed by atoms with Crippen molar-refractivity contribution in [3.05, 3.63) is 0 Å². The quantitative estimate of drug-likeness (QED) is 0.672. The van der Waals surface area contributed by atoms with Gasteiger partial charge < -0.3 is 0 Å². The normalized spacial score (nSPS) is 30.7. The van der Waals surface area contributed by atoms with E-state index in [1.54, 1.807) is 0 Å². The van der Waals surface area contributed by atoms with Gasteiger partial charge in [-0.05, 0) is 37.5 Å². The van der Waals surface area contributed by atoms with E-state index in [0.29, 0.717) is 11.8 Å². The van der Waals surface area contributed by atoms with Crippen LogP contribution in [0.25, 0.3) is 0 Å². The minimum atomic E-state index is 0.00483. The van der Waals surface area contributed by atoms with Gasteiger partial charge in [-0.3, -0.25) is 20.4 Å². The topological polar surface area (TPSA) is 58.2 Å². The Labute approximate surface area is 122 Å². The van der Waals surface area contributed by atoms with E-state index < -0.39 is 0 Å². The number of carbonyl (C=O) groups excluding carboxylic acids is 2. The molecule has 2 aliphatic rings. The highest BCUT2D eigenvalue weighted by Crippen LogP contribution is 2.43. The molecule has 0 heterocycles. The maximum atomic E-state index is 11.9. The van der Waals surface area contributed by atoms with E-state index in [1.807, 2.05) is 0 Å². The molecule has 20 heavy (non-hydrogen) atoms. The molecule has 4 nitrogen and oxygen atoms in total. The molecule has 2 amide bonds. The van der Waals surface area contributed by atoms with E-state index in [0.717, 1.165) is 25.7 Å². The molecule has 0 aromatic carbocycles. The van der Waals surface area contributed by atoms with Crippen molar-refractivity contribution in [1.29, 1.82) is 0 Å². The molecule has 0 aromatic heterocycles. The van der Waals surface area contributed by atoms with Crippen LogP contribution in [0.2, 0.25) is 0 Å². The number of hydrogen-bond acceptors (Lipinski definition) is 2. The summed E-state index contributed by atoms with van der Waals surface area (Å²) in [5.74, 6) is 1.37. The van der Waals surface area contributed by atoms with E-state index in [1.165, 1.54) is 25.7 Å². The highest BCUT2D eigenvalue weighted by molar-refractivity contribution is 5.87. The summed E-state index contributed by atoms with van der Waals surface area (Å²) in [5, 5.41) is 0. The summed E-state index contributed by atoms with van der Waals surface area (Å²) < 4.78 is 0. The minimum Gasteiger partial charge on any atom is -0.273 e. The van der Waals surface area contributed by atoms with Crippen molar-refractivity contribution in [2.24, 2.45) is 23.7 Å². The van der Waals surface area contributed by atoms with Crippen LogP contribution >= 0.6 is 0 Å². The Bertz CT molecular complexity index is 322. The Morgan fingerprint density at radius 1 is 0.850 bits per heavy atom. The summed E-state index contributed by atoms with van der Waals surface area (Å²) >= 11 is 0. The maximum Gasteiger partial charge on any atom is 0.241 e. The van der Waals surface area contributed by atoms with E-state index >= 15 is 0 Å². The third-order valence-corrected chi connectivity index (χ3v) is 4.68. The van der Waals surface area contributed by atoms with Gasteiger partial charge in [-0.1, -0.05) is 39.5 Å². The zero-order valence-electron chi connectivity index (χ0n) is 12.8. The largest absolute Gasteiger partial charge is 0.273 e. The first kappa shape index (κ1) is 15.3. The molecule has 0 aromatic rings. The molecule has 0 saturated heterocycles. The zero-order valence-corrected chi connectivity index (χ0v) is 12.8. The van der Waals surface area contributed by atoms with E-state index in [2.05, 4.69) is 24.7 Å². The first-order valence-electron chi connectivity index (χ1n) is 8.27. The molecular formula is C16H28N2O2. The Balaban J connectivity index is 1.57. The third kappa shape index (κ3) is 4.22. The van der Waals surface area contributed by atoms with Gasteiger partial charge in [0.1, 0.15) is 0 Å². The predicted molar refractivity (Wildman–Crippen MR) is 78.5 cm³/mol. The standard InChI is InChI=1S/C16H28N2O2/c1-3-5-7-11-9-13(11)15(19)17-18-16(20)14-10-12(14)8-6-4-2/h11-14H,3-10H2,1-2H3,(H,17,19)(H,18,20)/t11-,12-,13+,14+/m1/s1. The number of carbonyl (C=O) groups is 2. The lowest BCUT2D eigenvalue weighted by atomic mass is 10.1. The van der Waals surface area contributed by atoms with Crippen molar-refractivity contribution in [2.75, 3.05) is 0 Å². The fourth-order valence-electron chi connectivity index (χ4n) is 3.02. The van der Waals surface area contributed by atoms with Gasteiger partial charge in [-0.2, -0.15) is 0 Å². The van der Waals surface area contributed by atoms with Crippen LogP contribution in [0.1, 0.15) is 65.2 Å². The van der Waals surface area contributed by atoms with Gasteiger partial charge >= 0.3 is 0 Å². The molecule has 4 atom stereocenters. The molecule has 2 N–H and O–H groups in total. The van der Waals surface area contributed by atoms with Crippen LogP contribution < -0.4 is 10.9 Å². The van der Waals surface area contributed by atoms with Crippen molar-refractivity contribution in [3.63, 3.8) is 0 Å². The van der Waals surface area contributed by atoms with Crippen molar-refractivity contribution < 1.29 is 9.59 Å². The predicted octanol–water partition coefficient (Wildman–Crippen LogP) is 2.79. The third-order valence-electron chi connectivity index (χ3n) is 4.68. The lowest BCUT2D eigenvalue weighted by Crippen LogP contribution is -2.43. The second-order valence-corrected chi connectivity index (χ2v) is 6.47. The summed E-state index contributed by atoms with van der Waals surface area (Å²) in [4.78, 5) is 23.7. The SMILES string of the molecule is CCCC[C@@H]1C[C@@H]1C(=O)NNC(=O)[C@H]1C[C@H]1CCCC. The van der Waals surface area contributed by atoms with Crippen molar-refractivity contribution in [1.82, 2.24) is 10.9 Å². The van der Waals surface area contributed by atoms with Gasteiger partial charge in [-0.15, -0.1) is 0 Å². The van der Waals surface area contributed by atoms with Gasteiger partial charge in [0.15, 0.2) is 0 Å². The van der Waals surface area contributed by atoms with Crippen LogP contribution in [0.15, 0.2) is 0 Å². The summed E-state index contributed by atoms with van der Waals surface area (Å²) in [6.07, 6.45) is 9.03. The fraction of sp³-hybridized carbons (Fsp3) is 0.875. The zero-order chi connectivity index (χ0) is 14.5. The number of rotatable bonds is 8. The van der Waals surface area contributed by atoms with Gasteiger partial charge in [-0.25, -0.2) is 0 Å². The molecule has 2 rings (SSSR count). The Hall–Kier alpha value is -1.06. The molecule has 2 aliphatic carbocycles. The minimum absolute atomic E-state index is 0.00483. The number of nitrogens with one attached hydrogen (secondary N) is 2. The Morgan fingerprint density at radius 2 is 1.25 bits per heavy atom. The molecule has 114 valence electrons. The molecule has 2 fully saturated rings. The van der Waals surface area contributed by atoms with Crippen LogP contribution in [0.5, 0.6) is 0 Å². The van der Waals surface area contributed by atoms with E-state index in [4.69, 9.17) is 0 Å². The van der Waals surface area contributed by atoms with Crippen molar-refractivity contribution in [3.8, 4) is 0 Å². The molecule has 2 saturated carbocycles. The molecule has 0 spiro atoms. The molecule has 0 bridgehead atoms. The average molecular weight is 280 g/mol. The van der Waals surface area contributed by atoms with Crippen LogP contribution in [0, 0.1) is 23.7 Å². The Kier molecular flexibility index (Phi) is 5.44. The number of unbranched alkanes of at least 4 members (excludes halogenated alkanes) is 2. The maximum absolute atomic E-state index is 11.9. The van der Waals surface area contributed by atoms with Crippen LogP contribution in [0.4, 0.5) is 0 Å². The molecule has 4 heteroatoms. The second-order valence-electron chi connectivity index (χ2n) is 6.47.